The zero-order chi connectivity index (χ0) is 13.7. The van der Waals surface area contributed by atoms with Crippen molar-refractivity contribution in [3.63, 3.8) is 0 Å². The van der Waals surface area contributed by atoms with Crippen LogP contribution in [0.25, 0.3) is 0 Å². The fraction of sp³-hybridized carbons (Fsp3) is 0.500. The molecular formula is C14H21BrN2O. The van der Waals surface area contributed by atoms with E-state index in [4.69, 9.17) is 0 Å². The third-order valence-corrected chi connectivity index (χ3v) is 3.35. The Labute approximate surface area is 117 Å². The average Bonchev–Trinajstić information content (AvgIpc) is 2.30. The maximum atomic E-state index is 12.0. The van der Waals surface area contributed by atoms with E-state index in [0.29, 0.717) is 6.54 Å². The third-order valence-electron chi connectivity index (χ3n) is 2.89. The van der Waals surface area contributed by atoms with Crippen molar-refractivity contribution >= 4 is 27.5 Å². The summed E-state index contributed by atoms with van der Waals surface area (Å²) in [5.74, 6) is 0.0249. The van der Waals surface area contributed by atoms with Crippen molar-refractivity contribution in [1.82, 2.24) is 5.32 Å². The van der Waals surface area contributed by atoms with Crippen molar-refractivity contribution in [2.45, 2.75) is 27.7 Å². The Kier molecular flexibility index (Phi) is 5.82. The van der Waals surface area contributed by atoms with Crippen molar-refractivity contribution in [2.24, 2.45) is 5.92 Å². The fourth-order valence-corrected chi connectivity index (χ4v) is 2.49. The zero-order valence-corrected chi connectivity index (χ0v) is 13.0. The minimum Gasteiger partial charge on any atom is -0.325 e. The predicted molar refractivity (Wildman–Crippen MR) is 80.0 cm³/mol. The molecule has 2 N–H and O–H groups in total. The molecule has 0 aliphatic heterocycles. The molecule has 3 nitrogen and oxygen atoms in total. The van der Waals surface area contributed by atoms with Crippen molar-refractivity contribution < 1.29 is 4.79 Å². The molecule has 0 aliphatic carbocycles. The van der Waals surface area contributed by atoms with E-state index in [2.05, 4.69) is 26.6 Å². The Morgan fingerprint density at radius 2 is 1.89 bits per heavy atom. The SMILES string of the molecule is CCNCC(C)C(=O)Nc1c(C)cc(Br)cc1C. The Morgan fingerprint density at radius 3 is 2.39 bits per heavy atom. The molecule has 4 heteroatoms. The summed E-state index contributed by atoms with van der Waals surface area (Å²) < 4.78 is 1.04. The van der Waals surface area contributed by atoms with E-state index in [-0.39, 0.29) is 11.8 Å². The Balaban J connectivity index is 2.76. The third kappa shape index (κ3) is 4.10. The number of aryl methyl sites for hydroxylation is 2. The average molecular weight is 313 g/mol. The zero-order valence-electron chi connectivity index (χ0n) is 11.4. The van der Waals surface area contributed by atoms with Crippen LogP contribution in [0.4, 0.5) is 5.69 Å². The number of halogens is 1. The van der Waals surface area contributed by atoms with Gasteiger partial charge in [-0.1, -0.05) is 29.8 Å². The first-order valence-corrected chi connectivity index (χ1v) is 7.03. The van der Waals surface area contributed by atoms with Crippen LogP contribution in [-0.4, -0.2) is 19.0 Å². The molecule has 0 saturated heterocycles. The highest BCUT2D eigenvalue weighted by atomic mass is 79.9. The van der Waals surface area contributed by atoms with Crippen LogP contribution < -0.4 is 10.6 Å². The van der Waals surface area contributed by atoms with Gasteiger partial charge < -0.3 is 10.6 Å². The number of anilines is 1. The van der Waals surface area contributed by atoms with Gasteiger partial charge >= 0.3 is 0 Å². The van der Waals surface area contributed by atoms with Gasteiger partial charge in [0.1, 0.15) is 0 Å². The summed E-state index contributed by atoms with van der Waals surface area (Å²) in [4.78, 5) is 12.0. The van der Waals surface area contributed by atoms with Crippen LogP contribution in [-0.2, 0) is 4.79 Å². The molecule has 1 atom stereocenters. The summed E-state index contributed by atoms with van der Waals surface area (Å²) in [5.41, 5.74) is 3.07. The van der Waals surface area contributed by atoms with Crippen molar-refractivity contribution in [2.75, 3.05) is 18.4 Å². The molecular weight excluding hydrogens is 292 g/mol. The number of benzene rings is 1. The van der Waals surface area contributed by atoms with Gasteiger partial charge in [0.2, 0.25) is 5.91 Å². The molecule has 0 aromatic heterocycles. The number of hydrogen-bond acceptors (Lipinski definition) is 2. The molecule has 0 fully saturated rings. The second kappa shape index (κ2) is 6.90. The van der Waals surface area contributed by atoms with E-state index in [1.807, 2.05) is 39.8 Å². The molecule has 1 aromatic rings. The summed E-state index contributed by atoms with van der Waals surface area (Å²) in [6.07, 6.45) is 0. The fourth-order valence-electron chi connectivity index (χ4n) is 1.81. The topological polar surface area (TPSA) is 41.1 Å². The first-order chi connectivity index (χ1) is 8.45. The van der Waals surface area contributed by atoms with Crippen LogP contribution in [0, 0.1) is 19.8 Å². The van der Waals surface area contributed by atoms with Crippen molar-refractivity contribution in [1.29, 1.82) is 0 Å². The Bertz CT molecular complexity index is 409. The largest absolute Gasteiger partial charge is 0.325 e. The number of nitrogens with one attached hydrogen (secondary N) is 2. The number of carbonyl (C=O) groups is 1. The molecule has 18 heavy (non-hydrogen) atoms. The molecule has 0 aliphatic rings. The van der Waals surface area contributed by atoms with Crippen molar-refractivity contribution in [3.8, 4) is 0 Å². The van der Waals surface area contributed by atoms with E-state index < -0.39 is 0 Å². The van der Waals surface area contributed by atoms with E-state index in [0.717, 1.165) is 27.8 Å². The molecule has 0 radical (unpaired) electrons. The molecule has 1 unspecified atom stereocenters. The molecule has 0 spiro atoms. The highest BCUT2D eigenvalue weighted by molar-refractivity contribution is 9.10. The molecule has 1 amide bonds. The van der Waals surface area contributed by atoms with E-state index >= 15 is 0 Å². The highest BCUT2D eigenvalue weighted by Crippen LogP contribution is 2.25. The van der Waals surface area contributed by atoms with Gasteiger partial charge in [0.15, 0.2) is 0 Å². The van der Waals surface area contributed by atoms with Crippen LogP contribution in [0.3, 0.4) is 0 Å². The summed E-state index contributed by atoms with van der Waals surface area (Å²) in [6, 6.07) is 4.02. The molecule has 0 saturated carbocycles. The van der Waals surface area contributed by atoms with Crippen molar-refractivity contribution in [3.05, 3.63) is 27.7 Å². The minimum absolute atomic E-state index is 0.0348. The number of carbonyl (C=O) groups excluding carboxylic acids is 1. The van der Waals surface area contributed by atoms with Crippen LogP contribution in [0.1, 0.15) is 25.0 Å². The highest BCUT2D eigenvalue weighted by Gasteiger charge is 2.14. The molecule has 100 valence electrons. The summed E-state index contributed by atoms with van der Waals surface area (Å²) >= 11 is 3.45. The molecule has 1 rings (SSSR count). The van der Waals surface area contributed by atoms with E-state index in [1.165, 1.54) is 0 Å². The normalized spacial score (nSPS) is 12.3. The van der Waals surface area contributed by atoms with Gasteiger partial charge in [0.25, 0.3) is 0 Å². The first-order valence-electron chi connectivity index (χ1n) is 6.24. The minimum atomic E-state index is -0.0348. The summed E-state index contributed by atoms with van der Waals surface area (Å²) in [5, 5.41) is 6.20. The van der Waals surface area contributed by atoms with Crippen LogP contribution in [0.5, 0.6) is 0 Å². The van der Waals surface area contributed by atoms with E-state index in [9.17, 15) is 4.79 Å². The molecule has 0 heterocycles. The van der Waals surface area contributed by atoms with Gasteiger partial charge in [0.05, 0.1) is 0 Å². The van der Waals surface area contributed by atoms with Crippen LogP contribution >= 0.6 is 15.9 Å². The number of amides is 1. The molecule has 0 bridgehead atoms. The van der Waals surface area contributed by atoms with Gasteiger partial charge in [-0.3, -0.25) is 4.79 Å². The van der Waals surface area contributed by atoms with E-state index in [1.54, 1.807) is 0 Å². The lowest BCUT2D eigenvalue weighted by molar-refractivity contribution is -0.119. The van der Waals surface area contributed by atoms with Crippen LogP contribution in [0.2, 0.25) is 0 Å². The molecule has 1 aromatic carbocycles. The second-order valence-corrected chi connectivity index (χ2v) is 5.53. The van der Waals surface area contributed by atoms with Gasteiger partial charge in [0, 0.05) is 22.6 Å². The monoisotopic (exact) mass is 312 g/mol. The van der Waals surface area contributed by atoms with Gasteiger partial charge in [-0.05, 0) is 43.7 Å². The first kappa shape index (κ1) is 15.2. The number of hydrogen-bond donors (Lipinski definition) is 2. The summed E-state index contributed by atoms with van der Waals surface area (Å²) in [6.45, 7) is 9.56. The van der Waals surface area contributed by atoms with Gasteiger partial charge in [-0.15, -0.1) is 0 Å². The lowest BCUT2D eigenvalue weighted by Gasteiger charge is -2.16. The summed E-state index contributed by atoms with van der Waals surface area (Å²) in [7, 11) is 0. The van der Waals surface area contributed by atoms with Crippen LogP contribution in [0.15, 0.2) is 16.6 Å². The lowest BCUT2D eigenvalue weighted by Crippen LogP contribution is -2.30. The quantitative estimate of drug-likeness (QED) is 0.876. The predicted octanol–water partition coefficient (Wildman–Crippen LogP) is 3.25. The smallest absolute Gasteiger partial charge is 0.228 e. The lowest BCUT2D eigenvalue weighted by atomic mass is 10.1. The van der Waals surface area contributed by atoms with Gasteiger partial charge in [-0.25, -0.2) is 0 Å². The second-order valence-electron chi connectivity index (χ2n) is 4.61. The maximum Gasteiger partial charge on any atom is 0.228 e. The van der Waals surface area contributed by atoms with Gasteiger partial charge in [-0.2, -0.15) is 0 Å². The maximum absolute atomic E-state index is 12.0. The standard InChI is InChI=1S/C14H21BrN2O/c1-5-16-8-11(4)14(18)17-13-9(2)6-12(15)7-10(13)3/h6-7,11,16H,5,8H2,1-4H3,(H,17,18). The Morgan fingerprint density at radius 1 is 1.33 bits per heavy atom. The number of rotatable bonds is 5. The Hall–Kier alpha value is -0.870.